The van der Waals surface area contributed by atoms with E-state index in [4.69, 9.17) is 0 Å². The first-order chi connectivity index (χ1) is 6.58. The predicted molar refractivity (Wildman–Crippen MR) is 50.2 cm³/mol. The van der Waals surface area contributed by atoms with E-state index >= 15 is 0 Å². The summed E-state index contributed by atoms with van der Waals surface area (Å²) in [5.74, 6) is -1.35. The van der Waals surface area contributed by atoms with Gasteiger partial charge in [0.25, 0.3) is 0 Å². The fraction of sp³-hybridized carbons (Fsp3) is 0.556. The zero-order valence-electron chi connectivity index (χ0n) is 8.40. The van der Waals surface area contributed by atoms with E-state index in [1.54, 1.807) is 0 Å². The third kappa shape index (κ3) is 3.18. The van der Waals surface area contributed by atoms with Crippen molar-refractivity contribution in [1.82, 2.24) is 4.90 Å². The average molecular weight is 201 g/mol. The summed E-state index contributed by atoms with van der Waals surface area (Å²) < 4.78 is 4.32. The van der Waals surface area contributed by atoms with Crippen LogP contribution in [0.1, 0.15) is 13.3 Å². The molecule has 0 aliphatic carbocycles. The molecule has 0 fully saturated rings. The lowest BCUT2D eigenvalue weighted by molar-refractivity contribution is -0.166. The second-order valence-corrected chi connectivity index (χ2v) is 2.63. The molecule has 14 heavy (non-hydrogen) atoms. The molecule has 0 saturated heterocycles. The van der Waals surface area contributed by atoms with Crippen LogP contribution in [0.4, 0.5) is 0 Å². The molecule has 0 aromatic carbocycles. The number of amides is 1. The van der Waals surface area contributed by atoms with Gasteiger partial charge in [0, 0.05) is 6.54 Å². The topological polar surface area (TPSA) is 66.8 Å². The molecule has 1 N–H and O–H groups in total. The molecule has 0 aromatic heterocycles. The smallest absolute Gasteiger partial charge is 0.356 e. The van der Waals surface area contributed by atoms with Gasteiger partial charge in [-0.2, -0.15) is 0 Å². The van der Waals surface area contributed by atoms with E-state index in [2.05, 4.69) is 11.3 Å². The van der Waals surface area contributed by atoms with E-state index in [9.17, 15) is 14.7 Å². The number of aliphatic hydroxyl groups is 1. The van der Waals surface area contributed by atoms with Crippen LogP contribution in [0, 0.1) is 0 Å². The summed E-state index contributed by atoms with van der Waals surface area (Å²) in [4.78, 5) is 23.2. The van der Waals surface area contributed by atoms with Gasteiger partial charge in [-0.15, -0.1) is 0 Å². The van der Waals surface area contributed by atoms with Crippen LogP contribution in [-0.2, 0) is 14.3 Å². The minimum atomic E-state index is -1.55. The lowest BCUT2D eigenvalue weighted by atomic mass is 10.3. The Morgan fingerprint density at radius 2 is 2.21 bits per heavy atom. The lowest BCUT2D eigenvalue weighted by Crippen LogP contribution is -2.45. The van der Waals surface area contributed by atoms with E-state index in [1.165, 1.54) is 0 Å². The van der Waals surface area contributed by atoms with Crippen molar-refractivity contribution in [3.05, 3.63) is 12.7 Å². The molecule has 0 bridgehead atoms. The van der Waals surface area contributed by atoms with Crippen LogP contribution in [0.15, 0.2) is 12.7 Å². The van der Waals surface area contributed by atoms with Gasteiger partial charge in [-0.3, -0.25) is 4.79 Å². The van der Waals surface area contributed by atoms with Crippen molar-refractivity contribution in [3.8, 4) is 0 Å². The highest BCUT2D eigenvalue weighted by molar-refractivity contribution is 5.90. The molecule has 0 heterocycles. The number of aliphatic hydroxyl groups excluding tert-OH is 1. The Kier molecular flexibility index (Phi) is 5.55. The second-order valence-electron chi connectivity index (χ2n) is 2.63. The number of hydrogen-bond donors (Lipinski definition) is 1. The third-order valence-corrected chi connectivity index (χ3v) is 1.63. The summed E-state index contributed by atoms with van der Waals surface area (Å²) in [6.45, 7) is 5.38. The molecule has 0 aliphatic heterocycles. The highest BCUT2D eigenvalue weighted by Gasteiger charge is 2.26. The Bertz CT molecular complexity index is 227. The lowest BCUT2D eigenvalue weighted by Gasteiger charge is -2.24. The molecule has 80 valence electrons. The zero-order valence-corrected chi connectivity index (χ0v) is 8.40. The Hall–Kier alpha value is -1.36. The van der Waals surface area contributed by atoms with Crippen LogP contribution in [-0.4, -0.2) is 41.8 Å². The fourth-order valence-corrected chi connectivity index (χ4v) is 0.944. The standard InChI is InChI=1S/C9H15NO4/c1-4-6-10(7(11)5-2)8(12)9(13)14-3/h5,8,12H,2,4,6H2,1,3H3. The molecule has 1 unspecified atom stereocenters. The van der Waals surface area contributed by atoms with Crippen molar-refractivity contribution in [2.24, 2.45) is 0 Å². The first kappa shape index (κ1) is 12.6. The van der Waals surface area contributed by atoms with Gasteiger partial charge < -0.3 is 14.7 Å². The van der Waals surface area contributed by atoms with Gasteiger partial charge in [-0.05, 0) is 12.5 Å². The molecule has 0 rings (SSSR count). The molecule has 5 nitrogen and oxygen atoms in total. The van der Waals surface area contributed by atoms with Crippen LogP contribution in [0.2, 0.25) is 0 Å². The molecular weight excluding hydrogens is 186 g/mol. The summed E-state index contributed by atoms with van der Waals surface area (Å²) in [5.41, 5.74) is 0. The van der Waals surface area contributed by atoms with Crippen molar-refractivity contribution in [2.75, 3.05) is 13.7 Å². The largest absolute Gasteiger partial charge is 0.466 e. The minimum Gasteiger partial charge on any atom is -0.466 e. The van der Waals surface area contributed by atoms with Crippen molar-refractivity contribution in [1.29, 1.82) is 0 Å². The first-order valence-corrected chi connectivity index (χ1v) is 4.27. The van der Waals surface area contributed by atoms with Gasteiger partial charge in [0.15, 0.2) is 0 Å². The number of carbonyl (C=O) groups is 2. The van der Waals surface area contributed by atoms with Crippen LogP contribution in [0.5, 0.6) is 0 Å². The summed E-state index contributed by atoms with van der Waals surface area (Å²) in [5, 5.41) is 9.39. The SMILES string of the molecule is C=CC(=O)N(CCC)C(O)C(=O)OC. The summed E-state index contributed by atoms with van der Waals surface area (Å²) in [7, 11) is 1.15. The monoisotopic (exact) mass is 201 g/mol. The van der Waals surface area contributed by atoms with Gasteiger partial charge in [-0.25, -0.2) is 4.79 Å². The van der Waals surface area contributed by atoms with E-state index < -0.39 is 18.1 Å². The van der Waals surface area contributed by atoms with Gasteiger partial charge >= 0.3 is 5.97 Å². The molecule has 0 radical (unpaired) electrons. The fourth-order valence-electron chi connectivity index (χ4n) is 0.944. The number of ether oxygens (including phenoxy) is 1. The summed E-state index contributed by atoms with van der Waals surface area (Å²) in [6, 6.07) is 0. The zero-order chi connectivity index (χ0) is 11.1. The van der Waals surface area contributed by atoms with Crippen LogP contribution in [0.25, 0.3) is 0 Å². The molecule has 0 aliphatic rings. The Morgan fingerprint density at radius 3 is 2.57 bits per heavy atom. The van der Waals surface area contributed by atoms with Crippen LogP contribution in [0.3, 0.4) is 0 Å². The van der Waals surface area contributed by atoms with Gasteiger partial charge in [0.1, 0.15) is 0 Å². The van der Waals surface area contributed by atoms with Crippen molar-refractivity contribution in [3.63, 3.8) is 0 Å². The number of carbonyl (C=O) groups excluding carboxylic acids is 2. The van der Waals surface area contributed by atoms with E-state index in [0.29, 0.717) is 6.42 Å². The molecular formula is C9H15NO4. The van der Waals surface area contributed by atoms with E-state index in [1.807, 2.05) is 6.92 Å². The third-order valence-electron chi connectivity index (χ3n) is 1.63. The highest BCUT2D eigenvalue weighted by atomic mass is 16.5. The number of hydrogen-bond acceptors (Lipinski definition) is 4. The Balaban J connectivity index is 4.55. The van der Waals surface area contributed by atoms with Crippen molar-refractivity contribution >= 4 is 11.9 Å². The number of rotatable bonds is 5. The minimum absolute atomic E-state index is 0.279. The highest BCUT2D eigenvalue weighted by Crippen LogP contribution is 2.01. The van der Waals surface area contributed by atoms with Crippen LogP contribution < -0.4 is 0 Å². The molecule has 0 aromatic rings. The average Bonchev–Trinajstić information content (AvgIpc) is 2.22. The molecule has 1 amide bonds. The normalized spacial score (nSPS) is 11.6. The molecule has 0 saturated carbocycles. The number of esters is 1. The summed E-state index contributed by atoms with van der Waals surface area (Å²) in [6.07, 6.45) is 0.126. The quantitative estimate of drug-likeness (QED) is 0.383. The van der Waals surface area contributed by atoms with Crippen LogP contribution >= 0.6 is 0 Å². The molecule has 1 atom stereocenters. The van der Waals surface area contributed by atoms with E-state index in [-0.39, 0.29) is 6.54 Å². The molecule has 5 heteroatoms. The number of nitrogens with zero attached hydrogens (tertiary/aromatic N) is 1. The maximum Gasteiger partial charge on any atom is 0.356 e. The maximum atomic E-state index is 11.2. The maximum absolute atomic E-state index is 11.2. The van der Waals surface area contributed by atoms with Gasteiger partial charge in [-0.1, -0.05) is 13.5 Å². The predicted octanol–water partition coefficient (Wildman–Crippen LogP) is -0.0976. The summed E-state index contributed by atoms with van der Waals surface area (Å²) >= 11 is 0. The second kappa shape index (κ2) is 6.15. The molecule has 0 spiro atoms. The number of methoxy groups -OCH3 is 1. The van der Waals surface area contributed by atoms with Gasteiger partial charge in [0.05, 0.1) is 7.11 Å². The van der Waals surface area contributed by atoms with Gasteiger partial charge in [0.2, 0.25) is 12.1 Å². The van der Waals surface area contributed by atoms with Crippen molar-refractivity contribution in [2.45, 2.75) is 19.6 Å². The Labute approximate surface area is 83.0 Å². The Morgan fingerprint density at radius 1 is 1.64 bits per heavy atom. The van der Waals surface area contributed by atoms with Crippen molar-refractivity contribution < 1.29 is 19.4 Å². The first-order valence-electron chi connectivity index (χ1n) is 4.27. The van der Waals surface area contributed by atoms with E-state index in [0.717, 1.165) is 18.1 Å².